The van der Waals surface area contributed by atoms with Gasteiger partial charge in [0.1, 0.15) is 5.82 Å². The highest BCUT2D eigenvalue weighted by atomic mass is 32.1. The molecule has 0 bridgehead atoms. The first-order chi connectivity index (χ1) is 9.78. The lowest BCUT2D eigenvalue weighted by Gasteiger charge is -2.19. The van der Waals surface area contributed by atoms with E-state index in [0.29, 0.717) is 0 Å². The van der Waals surface area contributed by atoms with E-state index in [0.717, 1.165) is 30.4 Å². The molecule has 0 aliphatic rings. The Balaban J connectivity index is 1.97. The Morgan fingerprint density at radius 1 is 1.45 bits per heavy atom. The van der Waals surface area contributed by atoms with Gasteiger partial charge >= 0.3 is 0 Å². The Kier molecular flexibility index (Phi) is 3.56. The van der Waals surface area contributed by atoms with Crippen LogP contribution >= 0.6 is 11.3 Å². The lowest BCUT2D eigenvalue weighted by Crippen LogP contribution is -2.19. The molecule has 3 rings (SSSR count). The van der Waals surface area contributed by atoms with Gasteiger partial charge in [-0.15, -0.1) is 11.3 Å². The van der Waals surface area contributed by atoms with Gasteiger partial charge in [0.15, 0.2) is 11.5 Å². The summed E-state index contributed by atoms with van der Waals surface area (Å²) in [5.74, 6) is 1.76. The van der Waals surface area contributed by atoms with Crippen molar-refractivity contribution in [2.75, 3.05) is 23.8 Å². The SMILES string of the molecule is CCNc1cn2ccnc2c(N(C)Cc2cccs2)n1. The van der Waals surface area contributed by atoms with Crippen LogP contribution in [0.4, 0.5) is 11.6 Å². The van der Waals surface area contributed by atoms with Crippen molar-refractivity contribution in [2.45, 2.75) is 13.5 Å². The first kappa shape index (κ1) is 12.9. The molecule has 0 aliphatic carbocycles. The van der Waals surface area contributed by atoms with E-state index in [-0.39, 0.29) is 0 Å². The first-order valence-corrected chi connectivity index (χ1v) is 7.47. The molecule has 0 atom stereocenters. The molecule has 3 aromatic rings. The topological polar surface area (TPSA) is 45.5 Å². The first-order valence-electron chi connectivity index (χ1n) is 6.59. The second kappa shape index (κ2) is 5.50. The molecule has 0 radical (unpaired) electrons. The Bertz CT molecular complexity index is 689. The minimum absolute atomic E-state index is 0.836. The minimum Gasteiger partial charge on any atom is -0.369 e. The molecule has 3 heterocycles. The standard InChI is InChI=1S/C14H17N5S/c1-3-15-12-10-19-7-6-16-13(19)14(17-12)18(2)9-11-5-4-8-20-11/h4-8,10,15H,3,9H2,1-2H3. The zero-order chi connectivity index (χ0) is 13.9. The maximum atomic E-state index is 4.68. The van der Waals surface area contributed by atoms with E-state index >= 15 is 0 Å². The smallest absolute Gasteiger partial charge is 0.180 e. The summed E-state index contributed by atoms with van der Waals surface area (Å²) in [5, 5.41) is 5.35. The van der Waals surface area contributed by atoms with Crippen LogP contribution in [0.25, 0.3) is 5.65 Å². The fraction of sp³-hybridized carbons (Fsp3) is 0.286. The molecule has 1 N–H and O–H groups in total. The zero-order valence-electron chi connectivity index (χ0n) is 11.6. The number of rotatable bonds is 5. The van der Waals surface area contributed by atoms with Crippen molar-refractivity contribution in [1.29, 1.82) is 0 Å². The predicted molar refractivity (Wildman–Crippen MR) is 83.6 cm³/mol. The molecule has 0 saturated heterocycles. The highest BCUT2D eigenvalue weighted by Crippen LogP contribution is 2.22. The summed E-state index contributed by atoms with van der Waals surface area (Å²) < 4.78 is 2.01. The van der Waals surface area contributed by atoms with Crippen molar-refractivity contribution in [3.8, 4) is 0 Å². The molecule has 5 nitrogen and oxygen atoms in total. The summed E-state index contributed by atoms with van der Waals surface area (Å²) in [4.78, 5) is 12.5. The number of anilines is 2. The number of fused-ring (bicyclic) bond motifs is 1. The average Bonchev–Trinajstić information content (AvgIpc) is 3.08. The zero-order valence-corrected chi connectivity index (χ0v) is 12.4. The highest BCUT2D eigenvalue weighted by Gasteiger charge is 2.12. The molecule has 20 heavy (non-hydrogen) atoms. The van der Waals surface area contributed by atoms with Crippen molar-refractivity contribution < 1.29 is 0 Å². The second-order valence-corrected chi connectivity index (χ2v) is 5.61. The molecule has 0 aliphatic heterocycles. The van der Waals surface area contributed by atoms with E-state index < -0.39 is 0 Å². The molecule has 3 aromatic heterocycles. The molecule has 0 aromatic carbocycles. The molecule has 0 saturated carbocycles. The number of aromatic nitrogens is 3. The van der Waals surface area contributed by atoms with E-state index in [4.69, 9.17) is 0 Å². The van der Waals surface area contributed by atoms with Crippen LogP contribution in [0.2, 0.25) is 0 Å². The van der Waals surface area contributed by atoms with Gasteiger partial charge in [0, 0.05) is 30.9 Å². The Morgan fingerprint density at radius 3 is 3.10 bits per heavy atom. The van der Waals surface area contributed by atoms with Crippen LogP contribution in [-0.4, -0.2) is 28.0 Å². The maximum Gasteiger partial charge on any atom is 0.180 e. The van der Waals surface area contributed by atoms with Gasteiger partial charge in [-0.05, 0) is 18.4 Å². The van der Waals surface area contributed by atoms with Gasteiger partial charge in [0.25, 0.3) is 0 Å². The summed E-state index contributed by atoms with van der Waals surface area (Å²) in [6.45, 7) is 3.75. The van der Waals surface area contributed by atoms with Gasteiger partial charge in [-0.2, -0.15) is 0 Å². The molecule has 0 unspecified atom stereocenters. The Morgan fingerprint density at radius 2 is 2.35 bits per heavy atom. The number of thiophene rings is 1. The lowest BCUT2D eigenvalue weighted by molar-refractivity contribution is 0.904. The minimum atomic E-state index is 0.836. The number of hydrogen-bond acceptors (Lipinski definition) is 5. The molecule has 104 valence electrons. The van der Waals surface area contributed by atoms with Crippen molar-refractivity contribution in [1.82, 2.24) is 14.4 Å². The third kappa shape index (κ3) is 2.46. The Hall–Kier alpha value is -2.08. The fourth-order valence-corrected chi connectivity index (χ4v) is 2.91. The normalized spacial score (nSPS) is 10.9. The molecular formula is C14H17N5S. The number of imidazole rings is 1. The summed E-state index contributed by atoms with van der Waals surface area (Å²) in [6.07, 6.45) is 5.71. The second-order valence-electron chi connectivity index (χ2n) is 4.57. The molecule has 0 amide bonds. The van der Waals surface area contributed by atoms with E-state index in [1.807, 2.05) is 23.8 Å². The van der Waals surface area contributed by atoms with Crippen LogP contribution in [0.5, 0.6) is 0 Å². The number of nitrogens with one attached hydrogen (secondary N) is 1. The third-order valence-electron chi connectivity index (χ3n) is 3.05. The quantitative estimate of drug-likeness (QED) is 0.784. The van der Waals surface area contributed by atoms with Gasteiger partial charge in [-0.25, -0.2) is 9.97 Å². The molecular weight excluding hydrogens is 270 g/mol. The predicted octanol–water partition coefficient (Wildman–Crippen LogP) is 2.86. The number of hydrogen-bond donors (Lipinski definition) is 1. The number of nitrogens with zero attached hydrogens (tertiary/aromatic N) is 4. The summed E-state index contributed by atoms with van der Waals surface area (Å²) in [5.41, 5.74) is 0.880. The largest absolute Gasteiger partial charge is 0.369 e. The molecule has 6 heteroatoms. The summed E-state index contributed by atoms with van der Waals surface area (Å²) >= 11 is 1.76. The monoisotopic (exact) mass is 287 g/mol. The van der Waals surface area contributed by atoms with Gasteiger partial charge < -0.3 is 14.6 Å². The Labute approximate surface area is 121 Å². The van der Waals surface area contributed by atoms with Crippen LogP contribution < -0.4 is 10.2 Å². The van der Waals surface area contributed by atoms with Crippen molar-refractivity contribution in [3.63, 3.8) is 0 Å². The van der Waals surface area contributed by atoms with Crippen LogP contribution in [-0.2, 0) is 6.54 Å². The van der Waals surface area contributed by atoms with Gasteiger partial charge in [0.2, 0.25) is 0 Å². The highest BCUT2D eigenvalue weighted by molar-refractivity contribution is 7.09. The van der Waals surface area contributed by atoms with Crippen LogP contribution in [0.1, 0.15) is 11.8 Å². The van der Waals surface area contributed by atoms with Gasteiger partial charge in [0.05, 0.1) is 12.7 Å². The van der Waals surface area contributed by atoms with Gasteiger partial charge in [-0.1, -0.05) is 6.07 Å². The van der Waals surface area contributed by atoms with E-state index in [2.05, 4.69) is 44.6 Å². The van der Waals surface area contributed by atoms with Crippen molar-refractivity contribution >= 4 is 28.6 Å². The third-order valence-corrected chi connectivity index (χ3v) is 3.91. The fourth-order valence-electron chi connectivity index (χ4n) is 2.15. The molecule has 0 fully saturated rings. The van der Waals surface area contributed by atoms with Crippen LogP contribution in [0.3, 0.4) is 0 Å². The van der Waals surface area contributed by atoms with Crippen molar-refractivity contribution in [3.05, 3.63) is 41.0 Å². The van der Waals surface area contributed by atoms with Crippen LogP contribution in [0, 0.1) is 0 Å². The van der Waals surface area contributed by atoms with Crippen LogP contribution in [0.15, 0.2) is 36.1 Å². The average molecular weight is 287 g/mol. The van der Waals surface area contributed by atoms with E-state index in [9.17, 15) is 0 Å². The summed E-state index contributed by atoms with van der Waals surface area (Å²) in [7, 11) is 2.05. The van der Waals surface area contributed by atoms with Crippen molar-refractivity contribution in [2.24, 2.45) is 0 Å². The van der Waals surface area contributed by atoms with E-state index in [1.165, 1.54) is 4.88 Å². The summed E-state index contributed by atoms with van der Waals surface area (Å²) in [6, 6.07) is 4.21. The van der Waals surface area contributed by atoms with Gasteiger partial charge in [-0.3, -0.25) is 0 Å². The molecule has 0 spiro atoms. The van der Waals surface area contributed by atoms with E-state index in [1.54, 1.807) is 17.5 Å². The maximum absolute atomic E-state index is 4.68. The lowest BCUT2D eigenvalue weighted by atomic mass is 10.4.